The molecule has 0 spiro atoms. The van der Waals surface area contributed by atoms with Gasteiger partial charge in [0, 0.05) is 12.8 Å². The number of hydrogen-bond acceptors (Lipinski definition) is 5. The number of hydrogen-bond donors (Lipinski definition) is 4. The standard InChI is InChI=1S/C22H34O6/c1-2-17(23)14-15-20-19(25)16-21(28-20)18(24)12-10-8-6-4-3-5-7-9-11-13-22(26)27/h3-4,7-10,14-15,17-21,23-25H,2,5-6,11-13,16H2,1H3,(H,26,27)/b4-3-,9-7-,10-8-,15-14+/t17-,18+,19-,20+,21-/m1/s1. The van der Waals surface area contributed by atoms with E-state index in [1.807, 2.05) is 43.4 Å². The van der Waals surface area contributed by atoms with E-state index in [2.05, 4.69) is 0 Å². The van der Waals surface area contributed by atoms with Crippen molar-refractivity contribution in [1.29, 1.82) is 0 Å². The van der Waals surface area contributed by atoms with Gasteiger partial charge in [0.2, 0.25) is 0 Å². The van der Waals surface area contributed by atoms with Crippen LogP contribution in [0.4, 0.5) is 0 Å². The molecule has 0 bridgehead atoms. The van der Waals surface area contributed by atoms with Crippen LogP contribution in [0.2, 0.25) is 0 Å². The van der Waals surface area contributed by atoms with Crippen LogP contribution in [0.3, 0.4) is 0 Å². The molecule has 0 aromatic heterocycles. The van der Waals surface area contributed by atoms with Gasteiger partial charge in [-0.15, -0.1) is 0 Å². The van der Waals surface area contributed by atoms with Crippen LogP contribution in [0.25, 0.3) is 0 Å². The lowest BCUT2D eigenvalue weighted by atomic mass is 10.0. The molecule has 28 heavy (non-hydrogen) atoms. The third kappa shape index (κ3) is 10.6. The van der Waals surface area contributed by atoms with Gasteiger partial charge < -0.3 is 25.2 Å². The van der Waals surface area contributed by atoms with Crippen molar-refractivity contribution in [2.75, 3.05) is 0 Å². The highest BCUT2D eigenvalue weighted by Gasteiger charge is 2.35. The largest absolute Gasteiger partial charge is 0.481 e. The molecule has 1 heterocycles. The Morgan fingerprint density at radius 3 is 2.39 bits per heavy atom. The van der Waals surface area contributed by atoms with Crippen molar-refractivity contribution in [2.45, 2.75) is 82.4 Å². The van der Waals surface area contributed by atoms with Gasteiger partial charge in [0.1, 0.15) is 6.10 Å². The summed E-state index contributed by atoms with van der Waals surface area (Å²) in [6, 6.07) is 0. The average Bonchev–Trinajstić information content (AvgIpc) is 3.04. The van der Waals surface area contributed by atoms with E-state index in [9.17, 15) is 20.1 Å². The molecule has 0 unspecified atom stereocenters. The summed E-state index contributed by atoms with van der Waals surface area (Å²) in [5, 5.41) is 38.3. The fourth-order valence-electron chi connectivity index (χ4n) is 2.77. The topological polar surface area (TPSA) is 107 Å². The van der Waals surface area contributed by atoms with Gasteiger partial charge in [-0.25, -0.2) is 0 Å². The summed E-state index contributed by atoms with van der Waals surface area (Å²) in [7, 11) is 0. The summed E-state index contributed by atoms with van der Waals surface area (Å²) >= 11 is 0. The van der Waals surface area contributed by atoms with Gasteiger partial charge in [0.05, 0.1) is 24.4 Å². The number of rotatable bonds is 13. The Morgan fingerprint density at radius 2 is 1.75 bits per heavy atom. The summed E-state index contributed by atoms with van der Waals surface area (Å²) in [6.07, 6.45) is 15.9. The van der Waals surface area contributed by atoms with Gasteiger partial charge in [0.25, 0.3) is 0 Å². The van der Waals surface area contributed by atoms with Crippen molar-refractivity contribution in [3.63, 3.8) is 0 Å². The minimum absolute atomic E-state index is 0.157. The van der Waals surface area contributed by atoms with Gasteiger partial charge in [-0.2, -0.15) is 0 Å². The van der Waals surface area contributed by atoms with Gasteiger partial charge in [-0.05, 0) is 32.1 Å². The third-order valence-corrected chi connectivity index (χ3v) is 4.50. The monoisotopic (exact) mass is 394 g/mol. The number of carboxylic acids is 1. The summed E-state index contributed by atoms with van der Waals surface area (Å²) in [6.45, 7) is 1.87. The Morgan fingerprint density at radius 1 is 1.11 bits per heavy atom. The second-order valence-electron chi connectivity index (χ2n) is 6.92. The zero-order chi connectivity index (χ0) is 20.8. The van der Waals surface area contributed by atoms with Crippen LogP contribution >= 0.6 is 0 Å². The molecule has 1 fully saturated rings. The summed E-state index contributed by atoms with van der Waals surface area (Å²) in [5.41, 5.74) is 0. The summed E-state index contributed by atoms with van der Waals surface area (Å²) < 4.78 is 5.70. The minimum Gasteiger partial charge on any atom is -0.481 e. The first kappa shape index (κ1) is 24.3. The number of carboxylic acid groups (broad SMARTS) is 1. The second kappa shape index (κ2) is 14.3. The van der Waals surface area contributed by atoms with Gasteiger partial charge in [-0.1, -0.05) is 55.5 Å². The number of aliphatic carboxylic acids is 1. The number of carbonyl (C=O) groups is 1. The first-order valence-electron chi connectivity index (χ1n) is 9.98. The van der Waals surface area contributed by atoms with Crippen LogP contribution in [-0.2, 0) is 9.53 Å². The second-order valence-corrected chi connectivity index (χ2v) is 6.92. The molecule has 1 saturated heterocycles. The Kier molecular flexibility index (Phi) is 12.4. The Bertz CT molecular complexity index is 551. The predicted octanol–water partition coefficient (Wildman–Crippen LogP) is 2.90. The van der Waals surface area contributed by atoms with Gasteiger partial charge in [-0.3, -0.25) is 4.79 Å². The van der Waals surface area contributed by atoms with Crippen LogP contribution in [0.15, 0.2) is 48.6 Å². The van der Waals surface area contributed by atoms with Crippen molar-refractivity contribution >= 4 is 5.97 Å². The lowest BCUT2D eigenvalue weighted by Crippen LogP contribution is -2.25. The number of aliphatic hydroxyl groups excluding tert-OH is 3. The fraction of sp³-hybridized carbons (Fsp3) is 0.591. The molecule has 1 aliphatic heterocycles. The smallest absolute Gasteiger partial charge is 0.303 e. The number of ether oxygens (including phenoxy) is 1. The van der Waals surface area contributed by atoms with E-state index in [1.54, 1.807) is 12.2 Å². The molecule has 4 N–H and O–H groups in total. The number of allylic oxidation sites excluding steroid dienone is 5. The maximum atomic E-state index is 10.4. The van der Waals surface area contributed by atoms with Crippen LogP contribution in [0.1, 0.15) is 51.9 Å². The molecule has 0 aliphatic carbocycles. The molecule has 1 rings (SSSR count). The molecular formula is C22H34O6. The highest BCUT2D eigenvalue weighted by atomic mass is 16.5. The Balaban J connectivity index is 2.22. The highest BCUT2D eigenvalue weighted by molar-refractivity contribution is 5.66. The number of aliphatic hydroxyl groups is 3. The van der Waals surface area contributed by atoms with Crippen molar-refractivity contribution in [3.05, 3.63) is 48.6 Å². The SMILES string of the molecule is CC[C@@H](O)/C=C/[C@@H]1O[C@@H]([C@@H](O)C/C=C\C/C=C\C/C=C\CCC(=O)O)C[C@H]1O. The minimum atomic E-state index is -0.785. The predicted molar refractivity (Wildman–Crippen MR) is 109 cm³/mol. The van der Waals surface area contributed by atoms with E-state index >= 15 is 0 Å². The molecule has 1 aliphatic rings. The van der Waals surface area contributed by atoms with Crippen LogP contribution in [-0.4, -0.2) is 56.9 Å². The first-order chi connectivity index (χ1) is 13.4. The fourth-order valence-corrected chi connectivity index (χ4v) is 2.77. The van der Waals surface area contributed by atoms with Crippen LogP contribution in [0.5, 0.6) is 0 Å². The molecular weight excluding hydrogens is 360 g/mol. The molecule has 158 valence electrons. The Labute approximate surface area is 167 Å². The molecule has 5 atom stereocenters. The van der Waals surface area contributed by atoms with E-state index < -0.39 is 36.5 Å². The maximum Gasteiger partial charge on any atom is 0.303 e. The van der Waals surface area contributed by atoms with Crippen LogP contribution in [0, 0.1) is 0 Å². The maximum absolute atomic E-state index is 10.4. The molecule has 0 aromatic carbocycles. The molecule has 6 heteroatoms. The van der Waals surface area contributed by atoms with Gasteiger partial charge >= 0.3 is 5.97 Å². The normalized spacial score (nSPS) is 25.5. The molecule has 0 radical (unpaired) electrons. The zero-order valence-electron chi connectivity index (χ0n) is 16.6. The van der Waals surface area contributed by atoms with E-state index in [0.717, 1.165) is 12.8 Å². The molecule has 0 aromatic rings. The molecule has 6 nitrogen and oxygen atoms in total. The molecule has 0 saturated carbocycles. The van der Waals surface area contributed by atoms with E-state index in [4.69, 9.17) is 9.84 Å². The van der Waals surface area contributed by atoms with Crippen molar-refractivity contribution in [3.8, 4) is 0 Å². The summed E-state index contributed by atoms with van der Waals surface area (Å²) in [5.74, 6) is -0.785. The highest BCUT2D eigenvalue weighted by Crippen LogP contribution is 2.25. The van der Waals surface area contributed by atoms with Crippen molar-refractivity contribution < 1.29 is 30.0 Å². The quantitative estimate of drug-likeness (QED) is 0.358. The van der Waals surface area contributed by atoms with Crippen molar-refractivity contribution in [1.82, 2.24) is 0 Å². The van der Waals surface area contributed by atoms with Crippen LogP contribution < -0.4 is 0 Å². The Hall–Kier alpha value is -1.73. The zero-order valence-corrected chi connectivity index (χ0v) is 16.6. The van der Waals surface area contributed by atoms with Crippen molar-refractivity contribution in [2.24, 2.45) is 0 Å². The average molecular weight is 395 g/mol. The lowest BCUT2D eigenvalue weighted by Gasteiger charge is -2.16. The molecule has 0 amide bonds. The summed E-state index contributed by atoms with van der Waals surface area (Å²) in [4.78, 5) is 10.4. The van der Waals surface area contributed by atoms with E-state index in [-0.39, 0.29) is 6.42 Å². The van der Waals surface area contributed by atoms with E-state index in [0.29, 0.717) is 25.7 Å². The first-order valence-corrected chi connectivity index (χ1v) is 9.98. The lowest BCUT2D eigenvalue weighted by molar-refractivity contribution is -0.136. The third-order valence-electron chi connectivity index (χ3n) is 4.50. The van der Waals surface area contributed by atoms with E-state index in [1.165, 1.54) is 0 Å². The van der Waals surface area contributed by atoms with Gasteiger partial charge in [0.15, 0.2) is 0 Å².